The Balaban J connectivity index is 2.14. The van der Waals surface area contributed by atoms with Crippen molar-refractivity contribution in [3.8, 4) is 0 Å². The molecule has 0 saturated heterocycles. The highest BCUT2D eigenvalue weighted by molar-refractivity contribution is 7.92. The second kappa shape index (κ2) is 8.11. The Hall–Kier alpha value is -2.41. The number of hydrogen-bond donors (Lipinski definition) is 1. The molecule has 0 aliphatic carbocycles. The van der Waals surface area contributed by atoms with E-state index in [-0.39, 0.29) is 24.9 Å². The summed E-state index contributed by atoms with van der Waals surface area (Å²) in [5, 5.41) is 2.73. The molecular weight excluding hydrogens is 338 g/mol. The first-order valence-electron chi connectivity index (χ1n) is 8.05. The van der Waals surface area contributed by atoms with Crippen LogP contribution in [0.1, 0.15) is 35.7 Å². The molecule has 2 rings (SSSR count). The molecule has 1 aromatic heterocycles. The van der Waals surface area contributed by atoms with Crippen LogP contribution in [0.4, 0.5) is 5.69 Å². The lowest BCUT2D eigenvalue weighted by atomic mass is 10.0. The standard InChI is InChI=1S/C18H23N3O3S/c1-14(2)16-8-4-5-9-17(16)21(25(3,23)24)12-11-20-18(22)15-7-6-10-19-13-15/h4-10,13-14H,11-12H2,1-3H3,(H,20,22). The minimum atomic E-state index is -3.47. The van der Waals surface area contributed by atoms with Crippen molar-refractivity contribution in [2.24, 2.45) is 0 Å². The monoisotopic (exact) mass is 361 g/mol. The number of nitrogens with zero attached hydrogens (tertiary/aromatic N) is 2. The lowest BCUT2D eigenvalue weighted by molar-refractivity contribution is 0.0954. The number of para-hydroxylation sites is 1. The molecule has 0 atom stereocenters. The van der Waals surface area contributed by atoms with E-state index in [2.05, 4.69) is 10.3 Å². The Morgan fingerprint density at radius 1 is 1.20 bits per heavy atom. The third kappa shape index (κ3) is 5.03. The van der Waals surface area contributed by atoms with Gasteiger partial charge in [-0.2, -0.15) is 0 Å². The van der Waals surface area contributed by atoms with Crippen molar-refractivity contribution in [1.82, 2.24) is 10.3 Å². The van der Waals surface area contributed by atoms with Crippen LogP contribution in [0, 0.1) is 0 Å². The van der Waals surface area contributed by atoms with E-state index in [1.807, 2.05) is 32.0 Å². The van der Waals surface area contributed by atoms with Crippen LogP contribution < -0.4 is 9.62 Å². The van der Waals surface area contributed by atoms with Crippen LogP contribution in [-0.4, -0.2) is 38.7 Å². The summed E-state index contributed by atoms with van der Waals surface area (Å²) in [6.45, 7) is 4.40. The minimum Gasteiger partial charge on any atom is -0.350 e. The van der Waals surface area contributed by atoms with Crippen LogP contribution in [0.2, 0.25) is 0 Å². The molecule has 6 nitrogen and oxygen atoms in total. The van der Waals surface area contributed by atoms with Crippen LogP contribution >= 0.6 is 0 Å². The number of carbonyl (C=O) groups is 1. The summed E-state index contributed by atoms with van der Waals surface area (Å²) in [6, 6.07) is 10.8. The molecule has 0 bridgehead atoms. The van der Waals surface area contributed by atoms with Gasteiger partial charge in [-0.3, -0.25) is 14.1 Å². The Kier molecular flexibility index (Phi) is 6.14. The van der Waals surface area contributed by atoms with E-state index < -0.39 is 10.0 Å². The van der Waals surface area contributed by atoms with E-state index in [9.17, 15) is 13.2 Å². The van der Waals surface area contributed by atoms with Gasteiger partial charge in [0.05, 0.1) is 24.1 Å². The molecule has 0 fully saturated rings. The first-order chi connectivity index (χ1) is 11.8. The second-order valence-corrected chi connectivity index (χ2v) is 7.95. The van der Waals surface area contributed by atoms with E-state index in [1.165, 1.54) is 16.8 Å². The summed E-state index contributed by atoms with van der Waals surface area (Å²) >= 11 is 0. The van der Waals surface area contributed by atoms with Crippen LogP contribution in [-0.2, 0) is 10.0 Å². The molecule has 134 valence electrons. The number of rotatable bonds is 7. The quantitative estimate of drug-likeness (QED) is 0.821. The van der Waals surface area contributed by atoms with Gasteiger partial charge in [0.2, 0.25) is 10.0 Å². The first kappa shape index (κ1) is 18.9. The lowest BCUT2D eigenvalue weighted by Crippen LogP contribution is -2.38. The molecule has 1 N–H and O–H groups in total. The number of sulfonamides is 1. The highest BCUT2D eigenvalue weighted by Gasteiger charge is 2.21. The molecule has 1 heterocycles. The van der Waals surface area contributed by atoms with Crippen molar-refractivity contribution in [2.45, 2.75) is 19.8 Å². The third-order valence-electron chi connectivity index (χ3n) is 3.75. The molecule has 25 heavy (non-hydrogen) atoms. The molecule has 1 amide bonds. The smallest absolute Gasteiger partial charge is 0.252 e. The molecule has 0 unspecified atom stereocenters. The van der Waals surface area contributed by atoms with Gasteiger partial charge in [-0.25, -0.2) is 8.42 Å². The summed E-state index contributed by atoms with van der Waals surface area (Å²) in [7, 11) is -3.47. The van der Waals surface area contributed by atoms with Gasteiger partial charge in [-0.15, -0.1) is 0 Å². The highest BCUT2D eigenvalue weighted by atomic mass is 32.2. The average Bonchev–Trinajstić information content (AvgIpc) is 2.58. The third-order valence-corrected chi connectivity index (χ3v) is 4.93. The fraction of sp³-hybridized carbons (Fsp3) is 0.333. The van der Waals surface area contributed by atoms with E-state index in [4.69, 9.17) is 0 Å². The fourth-order valence-electron chi connectivity index (χ4n) is 2.54. The van der Waals surface area contributed by atoms with Gasteiger partial charge in [0.1, 0.15) is 0 Å². The number of nitrogens with one attached hydrogen (secondary N) is 1. The van der Waals surface area contributed by atoms with Gasteiger partial charge in [0.15, 0.2) is 0 Å². The Labute approximate surface area is 148 Å². The molecule has 0 aliphatic rings. The normalized spacial score (nSPS) is 11.4. The van der Waals surface area contributed by atoms with Crippen molar-refractivity contribution in [1.29, 1.82) is 0 Å². The van der Waals surface area contributed by atoms with E-state index in [0.717, 1.165) is 5.56 Å². The topological polar surface area (TPSA) is 79.4 Å². The summed E-state index contributed by atoms with van der Waals surface area (Å²) in [5.41, 5.74) is 2.04. The van der Waals surface area contributed by atoms with Crippen molar-refractivity contribution in [3.05, 3.63) is 59.9 Å². The van der Waals surface area contributed by atoms with Crippen LogP contribution in [0.5, 0.6) is 0 Å². The van der Waals surface area contributed by atoms with Crippen molar-refractivity contribution < 1.29 is 13.2 Å². The second-order valence-electron chi connectivity index (χ2n) is 6.05. The van der Waals surface area contributed by atoms with Gasteiger partial charge < -0.3 is 5.32 Å². The molecular formula is C18H23N3O3S. The molecule has 2 aromatic rings. The maximum absolute atomic E-state index is 12.3. The van der Waals surface area contributed by atoms with Gasteiger partial charge >= 0.3 is 0 Å². The molecule has 0 spiro atoms. The van der Waals surface area contributed by atoms with Gasteiger partial charge in [0.25, 0.3) is 5.91 Å². The Bertz CT molecular complexity index is 820. The molecule has 0 radical (unpaired) electrons. The Morgan fingerprint density at radius 3 is 2.52 bits per heavy atom. The predicted octanol–water partition coefficient (Wildman–Crippen LogP) is 2.40. The fourth-order valence-corrected chi connectivity index (χ4v) is 3.48. The van der Waals surface area contributed by atoms with Crippen LogP contribution in [0.15, 0.2) is 48.8 Å². The summed E-state index contributed by atoms with van der Waals surface area (Å²) in [6.07, 6.45) is 4.23. The van der Waals surface area contributed by atoms with Gasteiger partial charge in [0, 0.05) is 18.9 Å². The molecule has 0 saturated carbocycles. The van der Waals surface area contributed by atoms with E-state index in [0.29, 0.717) is 11.3 Å². The highest BCUT2D eigenvalue weighted by Crippen LogP contribution is 2.28. The number of amides is 1. The number of anilines is 1. The van der Waals surface area contributed by atoms with Crippen molar-refractivity contribution >= 4 is 21.6 Å². The van der Waals surface area contributed by atoms with Crippen molar-refractivity contribution in [3.63, 3.8) is 0 Å². The number of aromatic nitrogens is 1. The van der Waals surface area contributed by atoms with Gasteiger partial charge in [-0.05, 0) is 29.7 Å². The first-order valence-corrected chi connectivity index (χ1v) is 9.90. The summed E-state index contributed by atoms with van der Waals surface area (Å²) in [4.78, 5) is 16.0. The van der Waals surface area contributed by atoms with Gasteiger partial charge in [-0.1, -0.05) is 32.0 Å². The summed E-state index contributed by atoms with van der Waals surface area (Å²) < 4.78 is 25.9. The molecule has 7 heteroatoms. The summed E-state index contributed by atoms with van der Waals surface area (Å²) in [5.74, 6) is -0.0934. The largest absolute Gasteiger partial charge is 0.350 e. The van der Waals surface area contributed by atoms with E-state index in [1.54, 1.807) is 24.4 Å². The molecule has 1 aromatic carbocycles. The van der Waals surface area contributed by atoms with E-state index >= 15 is 0 Å². The van der Waals surface area contributed by atoms with Crippen LogP contribution in [0.25, 0.3) is 0 Å². The number of hydrogen-bond acceptors (Lipinski definition) is 4. The minimum absolute atomic E-state index is 0.161. The van der Waals surface area contributed by atoms with Crippen LogP contribution in [0.3, 0.4) is 0 Å². The Morgan fingerprint density at radius 2 is 1.92 bits per heavy atom. The SMILES string of the molecule is CC(C)c1ccccc1N(CCNC(=O)c1cccnc1)S(C)(=O)=O. The number of carbonyl (C=O) groups excluding carboxylic acids is 1. The predicted molar refractivity (Wildman–Crippen MR) is 99.3 cm³/mol. The number of pyridine rings is 1. The zero-order valence-electron chi connectivity index (χ0n) is 14.6. The van der Waals surface area contributed by atoms with Crippen molar-refractivity contribution in [2.75, 3.05) is 23.7 Å². The molecule has 0 aliphatic heterocycles. The zero-order valence-corrected chi connectivity index (χ0v) is 15.5. The number of benzene rings is 1. The maximum Gasteiger partial charge on any atom is 0.252 e. The maximum atomic E-state index is 12.3. The lowest BCUT2D eigenvalue weighted by Gasteiger charge is -2.26. The average molecular weight is 361 g/mol. The zero-order chi connectivity index (χ0) is 18.4.